The molecule has 0 N–H and O–H groups in total. The average Bonchev–Trinajstić information content (AvgIpc) is 2.30. The molecule has 0 saturated carbocycles. The maximum absolute atomic E-state index is 11.3. The van der Waals surface area contributed by atoms with Gasteiger partial charge in [0.05, 0.1) is 11.2 Å². The van der Waals surface area contributed by atoms with Crippen LogP contribution in [-0.2, 0) is 16.1 Å². The third-order valence-electron chi connectivity index (χ3n) is 1.31. The lowest BCUT2D eigenvalue weighted by Crippen LogP contribution is -2.26. The summed E-state index contributed by atoms with van der Waals surface area (Å²) in [5.41, 5.74) is -0.464. The van der Waals surface area contributed by atoms with Gasteiger partial charge in [0.15, 0.2) is 0 Å². The smallest absolute Gasteiger partial charge is 0.328 e. The highest BCUT2D eigenvalue weighted by atomic mass is 35.5. The molecule has 0 atom stereocenters. The molecule has 0 radical (unpaired) electrons. The van der Waals surface area contributed by atoms with E-state index in [1.54, 1.807) is 6.20 Å². The molecule has 0 spiro atoms. The van der Waals surface area contributed by atoms with Crippen LogP contribution in [0.4, 0.5) is 0 Å². The first-order chi connectivity index (χ1) is 6.37. The molecule has 0 unspecified atom stereocenters. The molecule has 0 aliphatic heterocycles. The Hall–Kier alpha value is -1.03. The van der Waals surface area contributed by atoms with E-state index >= 15 is 0 Å². The van der Waals surface area contributed by atoms with Crippen LogP contribution < -0.4 is 0 Å². The quantitative estimate of drug-likeness (QED) is 0.709. The van der Waals surface area contributed by atoms with E-state index in [0.717, 1.165) is 0 Å². The van der Waals surface area contributed by atoms with Crippen molar-refractivity contribution in [3.63, 3.8) is 0 Å². The van der Waals surface area contributed by atoms with Crippen molar-refractivity contribution in [2.75, 3.05) is 0 Å². The molecule has 1 heterocycles. The minimum absolute atomic E-state index is 0.0873. The minimum atomic E-state index is -0.464. The molecule has 5 heteroatoms. The average molecular weight is 217 g/mol. The Kier molecular flexibility index (Phi) is 3.16. The summed E-state index contributed by atoms with van der Waals surface area (Å²) in [4.78, 5) is 11.3. The number of aromatic nitrogens is 2. The van der Waals surface area contributed by atoms with Gasteiger partial charge in [-0.15, -0.1) is 0 Å². The molecule has 0 aromatic carbocycles. The van der Waals surface area contributed by atoms with Crippen LogP contribution in [0, 0.1) is 0 Å². The van der Waals surface area contributed by atoms with Crippen molar-refractivity contribution in [1.29, 1.82) is 0 Å². The number of carbonyl (C=O) groups excluding carboxylic acids is 1. The summed E-state index contributed by atoms with van der Waals surface area (Å²) in [6.45, 7) is 5.55. The van der Waals surface area contributed by atoms with Crippen molar-refractivity contribution < 1.29 is 9.53 Å². The second-order valence-corrected chi connectivity index (χ2v) is 4.38. The number of carbonyl (C=O) groups is 1. The third kappa shape index (κ3) is 3.79. The van der Waals surface area contributed by atoms with Crippen molar-refractivity contribution in [1.82, 2.24) is 9.78 Å². The second-order valence-electron chi connectivity index (χ2n) is 3.94. The van der Waals surface area contributed by atoms with Crippen molar-refractivity contribution in [2.24, 2.45) is 0 Å². The number of hydrogen-bond donors (Lipinski definition) is 0. The Balaban J connectivity index is 2.50. The highest BCUT2D eigenvalue weighted by molar-refractivity contribution is 6.30. The van der Waals surface area contributed by atoms with Gasteiger partial charge in [-0.3, -0.25) is 9.48 Å². The molecule has 14 heavy (non-hydrogen) atoms. The molecular formula is C9H13ClN2O2. The maximum Gasteiger partial charge on any atom is 0.328 e. The van der Waals surface area contributed by atoms with Crippen LogP contribution in [-0.4, -0.2) is 21.4 Å². The number of ether oxygens (including phenoxy) is 1. The summed E-state index contributed by atoms with van der Waals surface area (Å²) < 4.78 is 6.55. The molecule has 0 amide bonds. The predicted molar refractivity (Wildman–Crippen MR) is 53.1 cm³/mol. The molecule has 0 bridgehead atoms. The van der Waals surface area contributed by atoms with Crippen LogP contribution >= 0.6 is 11.6 Å². The van der Waals surface area contributed by atoms with Gasteiger partial charge in [0.25, 0.3) is 0 Å². The Morgan fingerprint density at radius 1 is 1.64 bits per heavy atom. The third-order valence-corrected chi connectivity index (χ3v) is 1.51. The largest absolute Gasteiger partial charge is 0.459 e. The van der Waals surface area contributed by atoms with Gasteiger partial charge >= 0.3 is 5.97 Å². The Bertz CT molecular complexity index is 328. The topological polar surface area (TPSA) is 44.1 Å². The van der Waals surface area contributed by atoms with Gasteiger partial charge in [-0.05, 0) is 20.8 Å². The molecular weight excluding hydrogens is 204 g/mol. The van der Waals surface area contributed by atoms with Gasteiger partial charge < -0.3 is 4.74 Å². The Morgan fingerprint density at radius 3 is 2.71 bits per heavy atom. The molecule has 1 aromatic rings. The van der Waals surface area contributed by atoms with Crippen molar-refractivity contribution >= 4 is 17.6 Å². The number of hydrogen-bond acceptors (Lipinski definition) is 3. The lowest BCUT2D eigenvalue weighted by molar-refractivity contribution is -0.155. The first kappa shape index (κ1) is 11.0. The summed E-state index contributed by atoms with van der Waals surface area (Å²) in [6, 6.07) is 0. The minimum Gasteiger partial charge on any atom is -0.459 e. The summed E-state index contributed by atoms with van der Waals surface area (Å²) in [6.07, 6.45) is 3.05. The zero-order valence-electron chi connectivity index (χ0n) is 8.45. The fourth-order valence-electron chi connectivity index (χ4n) is 0.931. The highest BCUT2D eigenvalue weighted by Gasteiger charge is 2.16. The lowest BCUT2D eigenvalue weighted by atomic mass is 10.2. The number of esters is 1. The molecule has 1 rings (SSSR count). The zero-order chi connectivity index (χ0) is 10.8. The van der Waals surface area contributed by atoms with E-state index in [2.05, 4.69) is 5.10 Å². The first-order valence-corrected chi connectivity index (χ1v) is 4.64. The SMILES string of the molecule is CC(C)(C)OC(=O)Cn1cc(Cl)cn1. The normalized spacial score (nSPS) is 11.4. The monoisotopic (exact) mass is 216 g/mol. The number of nitrogens with zero attached hydrogens (tertiary/aromatic N) is 2. The summed E-state index contributed by atoms with van der Waals surface area (Å²) >= 11 is 5.64. The lowest BCUT2D eigenvalue weighted by Gasteiger charge is -2.19. The second kappa shape index (κ2) is 4.00. The molecule has 1 aromatic heterocycles. The van der Waals surface area contributed by atoms with E-state index in [-0.39, 0.29) is 12.5 Å². The molecule has 0 saturated heterocycles. The van der Waals surface area contributed by atoms with Crippen LogP contribution in [0.25, 0.3) is 0 Å². The van der Waals surface area contributed by atoms with E-state index < -0.39 is 5.60 Å². The van der Waals surface area contributed by atoms with E-state index in [9.17, 15) is 4.79 Å². The molecule has 0 fully saturated rings. The van der Waals surface area contributed by atoms with Gasteiger partial charge in [-0.1, -0.05) is 11.6 Å². The van der Waals surface area contributed by atoms with Crippen LogP contribution in [0.5, 0.6) is 0 Å². The van der Waals surface area contributed by atoms with Gasteiger partial charge in [0, 0.05) is 6.20 Å². The van der Waals surface area contributed by atoms with Gasteiger partial charge in [-0.2, -0.15) is 5.10 Å². The van der Waals surface area contributed by atoms with E-state index in [0.29, 0.717) is 5.02 Å². The van der Waals surface area contributed by atoms with Crippen molar-refractivity contribution in [3.05, 3.63) is 17.4 Å². The van der Waals surface area contributed by atoms with E-state index in [1.165, 1.54) is 10.9 Å². The van der Waals surface area contributed by atoms with E-state index in [4.69, 9.17) is 16.3 Å². The van der Waals surface area contributed by atoms with Crippen LogP contribution in [0.15, 0.2) is 12.4 Å². The summed E-state index contributed by atoms with van der Waals surface area (Å²) in [5.74, 6) is -0.322. The zero-order valence-corrected chi connectivity index (χ0v) is 9.21. The van der Waals surface area contributed by atoms with Gasteiger partial charge in [-0.25, -0.2) is 0 Å². The van der Waals surface area contributed by atoms with Crippen LogP contribution in [0.2, 0.25) is 5.02 Å². The predicted octanol–water partition coefficient (Wildman–Crippen LogP) is 1.88. The molecule has 0 aliphatic rings. The van der Waals surface area contributed by atoms with Gasteiger partial charge in [0.2, 0.25) is 0 Å². The Labute approximate surface area is 87.8 Å². The van der Waals surface area contributed by atoms with Crippen molar-refractivity contribution in [3.8, 4) is 0 Å². The molecule has 78 valence electrons. The standard InChI is InChI=1S/C9H13ClN2O2/c1-9(2,3)14-8(13)6-12-5-7(10)4-11-12/h4-5H,6H2,1-3H3. The van der Waals surface area contributed by atoms with E-state index in [1.807, 2.05) is 20.8 Å². The van der Waals surface area contributed by atoms with Crippen LogP contribution in [0.3, 0.4) is 0 Å². The molecule has 4 nitrogen and oxygen atoms in total. The van der Waals surface area contributed by atoms with Crippen molar-refractivity contribution in [2.45, 2.75) is 32.9 Å². The first-order valence-electron chi connectivity index (χ1n) is 4.26. The number of rotatable bonds is 2. The Morgan fingerprint density at radius 2 is 2.29 bits per heavy atom. The van der Waals surface area contributed by atoms with Crippen LogP contribution in [0.1, 0.15) is 20.8 Å². The fourth-order valence-corrected chi connectivity index (χ4v) is 1.09. The summed E-state index contributed by atoms with van der Waals surface area (Å²) in [7, 11) is 0. The highest BCUT2D eigenvalue weighted by Crippen LogP contribution is 2.09. The fraction of sp³-hybridized carbons (Fsp3) is 0.556. The summed E-state index contributed by atoms with van der Waals surface area (Å²) in [5, 5.41) is 4.38. The maximum atomic E-state index is 11.3. The van der Waals surface area contributed by atoms with Gasteiger partial charge in [0.1, 0.15) is 12.1 Å². The number of halogens is 1. The molecule has 0 aliphatic carbocycles.